The molecule has 84 valence electrons. The van der Waals surface area contributed by atoms with E-state index in [2.05, 4.69) is 13.8 Å². The molecular weight excluding hydrogens is 210 g/mol. The molecule has 0 spiro atoms. The molecule has 0 aromatic rings. The smallest absolute Gasteiger partial charge is 0.306 e. The molecule has 1 aliphatic heterocycles. The number of carboxylic acid groups (broad SMARTS) is 1. The van der Waals surface area contributed by atoms with E-state index in [0.29, 0.717) is 17.2 Å². The molecule has 0 radical (unpaired) electrons. The van der Waals surface area contributed by atoms with Crippen LogP contribution in [0.4, 0.5) is 0 Å². The number of thioether (sulfide) groups is 1. The highest BCUT2D eigenvalue weighted by Gasteiger charge is 2.38. The quantitative estimate of drug-likeness (QED) is 0.788. The van der Waals surface area contributed by atoms with Gasteiger partial charge in [0.05, 0.1) is 17.0 Å². The number of carboxylic acids is 1. The molecule has 4 heteroatoms. The molecule has 2 rings (SSSR count). The molecule has 2 aliphatic rings. The van der Waals surface area contributed by atoms with E-state index in [-0.39, 0.29) is 5.92 Å². The van der Waals surface area contributed by atoms with Crippen molar-refractivity contribution in [3.05, 3.63) is 0 Å². The van der Waals surface area contributed by atoms with E-state index in [1.807, 2.05) is 11.8 Å². The highest BCUT2D eigenvalue weighted by molar-refractivity contribution is 8.14. The molecule has 0 bridgehead atoms. The maximum Gasteiger partial charge on any atom is 0.306 e. The molecule has 1 fully saturated rings. The van der Waals surface area contributed by atoms with Crippen LogP contribution in [0.2, 0.25) is 0 Å². The monoisotopic (exact) mass is 227 g/mol. The van der Waals surface area contributed by atoms with Crippen LogP contribution in [0.15, 0.2) is 4.99 Å². The van der Waals surface area contributed by atoms with Gasteiger partial charge in [0.2, 0.25) is 0 Å². The number of hydrogen-bond acceptors (Lipinski definition) is 3. The summed E-state index contributed by atoms with van der Waals surface area (Å²) in [4.78, 5) is 15.6. The maximum absolute atomic E-state index is 10.9. The Morgan fingerprint density at radius 1 is 1.53 bits per heavy atom. The number of rotatable bonds is 2. The summed E-state index contributed by atoms with van der Waals surface area (Å²) in [6.07, 6.45) is 2.54. The van der Waals surface area contributed by atoms with Crippen molar-refractivity contribution in [2.45, 2.75) is 44.4 Å². The zero-order chi connectivity index (χ0) is 11.0. The van der Waals surface area contributed by atoms with Gasteiger partial charge in [-0.05, 0) is 19.3 Å². The van der Waals surface area contributed by atoms with Gasteiger partial charge in [0.25, 0.3) is 0 Å². The number of fused-ring (bicyclic) bond motifs is 1. The van der Waals surface area contributed by atoms with Crippen LogP contribution in [-0.4, -0.2) is 27.4 Å². The molecule has 1 aliphatic carbocycles. The number of hydrogen-bond donors (Lipinski definition) is 1. The zero-order valence-electron chi connectivity index (χ0n) is 9.14. The van der Waals surface area contributed by atoms with Gasteiger partial charge < -0.3 is 5.11 Å². The molecule has 0 amide bonds. The average Bonchev–Trinajstić information content (AvgIpc) is 2.59. The fraction of sp³-hybridized carbons (Fsp3) is 0.818. The molecule has 1 N–H and O–H groups in total. The topological polar surface area (TPSA) is 49.7 Å². The van der Waals surface area contributed by atoms with Crippen molar-refractivity contribution in [3.8, 4) is 0 Å². The maximum atomic E-state index is 10.9. The molecule has 0 aromatic heterocycles. The van der Waals surface area contributed by atoms with Gasteiger partial charge in [0.1, 0.15) is 0 Å². The minimum Gasteiger partial charge on any atom is -0.481 e. The first-order chi connectivity index (χ1) is 7.08. The first kappa shape index (κ1) is 11.0. The first-order valence-electron chi connectivity index (χ1n) is 5.55. The minimum atomic E-state index is -0.632. The number of aliphatic imine (C=N–C) groups is 1. The molecular formula is C11H17NO2S. The second-order valence-corrected chi connectivity index (χ2v) is 5.95. The molecule has 3 nitrogen and oxygen atoms in total. The van der Waals surface area contributed by atoms with E-state index in [0.717, 1.165) is 19.3 Å². The Morgan fingerprint density at radius 2 is 2.27 bits per heavy atom. The van der Waals surface area contributed by atoms with E-state index in [9.17, 15) is 4.79 Å². The lowest BCUT2D eigenvalue weighted by molar-refractivity contribution is -0.142. The Labute approximate surface area is 94.4 Å². The SMILES string of the molecule is CC(C)C1=NC2CCC(C(=O)O)CC2S1. The summed E-state index contributed by atoms with van der Waals surface area (Å²) in [5.41, 5.74) is 0. The van der Waals surface area contributed by atoms with Crippen LogP contribution in [-0.2, 0) is 4.79 Å². The van der Waals surface area contributed by atoms with Gasteiger partial charge in [-0.25, -0.2) is 0 Å². The minimum absolute atomic E-state index is 0.138. The van der Waals surface area contributed by atoms with E-state index < -0.39 is 5.97 Å². The lowest BCUT2D eigenvalue weighted by Gasteiger charge is -2.27. The molecule has 3 atom stereocenters. The van der Waals surface area contributed by atoms with Crippen molar-refractivity contribution in [2.24, 2.45) is 16.8 Å². The van der Waals surface area contributed by atoms with Crippen molar-refractivity contribution in [1.82, 2.24) is 0 Å². The van der Waals surface area contributed by atoms with Crippen LogP contribution >= 0.6 is 11.8 Å². The number of nitrogens with zero attached hydrogens (tertiary/aromatic N) is 1. The second kappa shape index (κ2) is 4.16. The lowest BCUT2D eigenvalue weighted by atomic mass is 9.86. The molecule has 15 heavy (non-hydrogen) atoms. The second-order valence-electron chi connectivity index (χ2n) is 4.69. The first-order valence-corrected chi connectivity index (χ1v) is 6.43. The Bertz CT molecular complexity index is 301. The van der Waals surface area contributed by atoms with Gasteiger partial charge in [0, 0.05) is 11.2 Å². The van der Waals surface area contributed by atoms with Gasteiger partial charge in [0.15, 0.2) is 0 Å². The summed E-state index contributed by atoms with van der Waals surface area (Å²) in [5.74, 6) is -0.281. The van der Waals surface area contributed by atoms with E-state index in [1.54, 1.807) is 0 Å². The highest BCUT2D eigenvalue weighted by Crippen LogP contribution is 2.41. The van der Waals surface area contributed by atoms with Crippen molar-refractivity contribution >= 4 is 22.8 Å². The standard InChI is InChI=1S/C11H17NO2S/c1-6(2)10-12-8-4-3-7(11(13)14)5-9(8)15-10/h6-9H,3-5H2,1-2H3,(H,13,14). The zero-order valence-corrected chi connectivity index (χ0v) is 9.96. The Hall–Kier alpha value is -0.510. The predicted molar refractivity (Wildman–Crippen MR) is 62.4 cm³/mol. The summed E-state index contributed by atoms with van der Waals surface area (Å²) >= 11 is 1.81. The number of aliphatic carboxylic acids is 1. The van der Waals surface area contributed by atoms with Crippen LogP contribution < -0.4 is 0 Å². The molecule has 1 saturated carbocycles. The summed E-state index contributed by atoms with van der Waals surface area (Å²) < 4.78 is 0. The normalized spacial score (nSPS) is 35.1. The van der Waals surface area contributed by atoms with Gasteiger partial charge in [-0.3, -0.25) is 9.79 Å². The third kappa shape index (κ3) is 2.19. The highest BCUT2D eigenvalue weighted by atomic mass is 32.2. The predicted octanol–water partition coefficient (Wildman–Crippen LogP) is 2.41. The van der Waals surface area contributed by atoms with Crippen molar-refractivity contribution in [1.29, 1.82) is 0 Å². The van der Waals surface area contributed by atoms with E-state index >= 15 is 0 Å². The van der Waals surface area contributed by atoms with E-state index in [4.69, 9.17) is 10.1 Å². The third-order valence-corrected chi connectivity index (χ3v) is 4.79. The van der Waals surface area contributed by atoms with Crippen LogP contribution in [0.1, 0.15) is 33.1 Å². The Kier molecular flexibility index (Phi) is 3.05. The van der Waals surface area contributed by atoms with Gasteiger partial charge >= 0.3 is 5.97 Å². The number of carbonyl (C=O) groups is 1. The van der Waals surface area contributed by atoms with Crippen molar-refractivity contribution in [2.75, 3.05) is 0 Å². The molecule has 1 heterocycles. The Morgan fingerprint density at radius 3 is 2.87 bits per heavy atom. The third-order valence-electron chi connectivity index (χ3n) is 3.17. The summed E-state index contributed by atoms with van der Waals surface area (Å²) in [6, 6.07) is 0.392. The van der Waals surface area contributed by atoms with E-state index in [1.165, 1.54) is 5.04 Å². The van der Waals surface area contributed by atoms with Crippen molar-refractivity contribution in [3.63, 3.8) is 0 Å². The largest absolute Gasteiger partial charge is 0.481 e. The van der Waals surface area contributed by atoms with Gasteiger partial charge in [-0.2, -0.15) is 0 Å². The van der Waals surface area contributed by atoms with Crippen LogP contribution in [0.25, 0.3) is 0 Å². The van der Waals surface area contributed by atoms with Crippen LogP contribution in [0, 0.1) is 11.8 Å². The van der Waals surface area contributed by atoms with Gasteiger partial charge in [-0.1, -0.05) is 13.8 Å². The fourth-order valence-corrected chi connectivity index (χ4v) is 3.71. The Balaban J connectivity index is 2.00. The summed E-state index contributed by atoms with van der Waals surface area (Å²) in [6.45, 7) is 4.30. The van der Waals surface area contributed by atoms with Crippen molar-refractivity contribution < 1.29 is 9.90 Å². The lowest BCUT2D eigenvalue weighted by Crippen LogP contribution is -2.31. The molecule has 3 unspecified atom stereocenters. The fourth-order valence-electron chi connectivity index (χ4n) is 2.25. The van der Waals surface area contributed by atoms with Crippen LogP contribution in [0.3, 0.4) is 0 Å². The average molecular weight is 227 g/mol. The summed E-state index contributed by atoms with van der Waals surface area (Å²) in [7, 11) is 0. The molecule has 0 saturated heterocycles. The van der Waals surface area contributed by atoms with Gasteiger partial charge in [-0.15, -0.1) is 11.8 Å². The molecule has 0 aromatic carbocycles. The summed E-state index contributed by atoms with van der Waals surface area (Å²) in [5, 5.41) is 10.6. The van der Waals surface area contributed by atoms with Crippen LogP contribution in [0.5, 0.6) is 0 Å².